The summed E-state index contributed by atoms with van der Waals surface area (Å²) in [4.78, 5) is 13.7. The number of methoxy groups -OCH3 is 1. The summed E-state index contributed by atoms with van der Waals surface area (Å²) in [5.74, 6) is 0.414. The van der Waals surface area contributed by atoms with Crippen molar-refractivity contribution in [3.05, 3.63) is 28.8 Å². The van der Waals surface area contributed by atoms with Crippen LogP contribution in [0, 0.1) is 13.8 Å². The molecule has 0 saturated carbocycles. The number of piperazine rings is 1. The van der Waals surface area contributed by atoms with E-state index in [-0.39, 0.29) is 12.6 Å². The average molecular weight is 320 g/mol. The van der Waals surface area contributed by atoms with E-state index in [9.17, 15) is 4.79 Å². The van der Waals surface area contributed by atoms with E-state index in [0.29, 0.717) is 12.1 Å². The zero-order valence-electron chi connectivity index (χ0n) is 14.8. The van der Waals surface area contributed by atoms with Crippen LogP contribution in [-0.2, 0) is 16.1 Å². The monoisotopic (exact) mass is 320 g/mol. The Labute approximate surface area is 139 Å². The lowest BCUT2D eigenvalue weighted by atomic mass is 10.0. The summed E-state index contributed by atoms with van der Waals surface area (Å²) in [6.45, 7) is 11.5. The molecule has 1 aromatic rings. The molecule has 0 radical (unpaired) electrons. The highest BCUT2D eigenvalue weighted by Gasteiger charge is 2.22. The first-order chi connectivity index (χ1) is 10.9. The van der Waals surface area contributed by atoms with Gasteiger partial charge in [0.2, 0.25) is 0 Å². The van der Waals surface area contributed by atoms with Crippen LogP contribution in [0.15, 0.2) is 12.1 Å². The Balaban J connectivity index is 2.08. The van der Waals surface area contributed by atoms with Crippen LogP contribution >= 0.6 is 0 Å². The summed E-state index contributed by atoms with van der Waals surface area (Å²) >= 11 is 0. The van der Waals surface area contributed by atoms with Crippen LogP contribution in [0.3, 0.4) is 0 Å². The van der Waals surface area contributed by atoms with E-state index >= 15 is 0 Å². The van der Waals surface area contributed by atoms with Gasteiger partial charge in [-0.05, 0) is 44.4 Å². The number of nitrogens with zero attached hydrogens (tertiary/aromatic N) is 1. The van der Waals surface area contributed by atoms with Gasteiger partial charge in [-0.25, -0.2) is 4.79 Å². The lowest BCUT2D eigenvalue weighted by Crippen LogP contribution is -2.53. The molecule has 1 saturated heterocycles. The van der Waals surface area contributed by atoms with Gasteiger partial charge in [0.25, 0.3) is 0 Å². The second kappa shape index (κ2) is 7.79. The van der Waals surface area contributed by atoms with Crippen molar-refractivity contribution in [3.8, 4) is 5.75 Å². The van der Waals surface area contributed by atoms with Gasteiger partial charge >= 0.3 is 5.97 Å². The van der Waals surface area contributed by atoms with Gasteiger partial charge in [0, 0.05) is 31.7 Å². The second-order valence-electron chi connectivity index (χ2n) is 6.51. The molecule has 2 unspecified atom stereocenters. The topological polar surface area (TPSA) is 50.8 Å². The number of esters is 1. The fourth-order valence-corrected chi connectivity index (χ4v) is 3.10. The minimum Gasteiger partial charge on any atom is -0.481 e. The first-order valence-corrected chi connectivity index (χ1v) is 8.18. The van der Waals surface area contributed by atoms with Crippen LogP contribution in [0.2, 0.25) is 0 Å². The fraction of sp³-hybridized carbons (Fsp3) is 0.611. The van der Waals surface area contributed by atoms with Gasteiger partial charge in [-0.15, -0.1) is 0 Å². The lowest BCUT2D eigenvalue weighted by molar-refractivity contribution is -0.142. The summed E-state index contributed by atoms with van der Waals surface area (Å²) in [6.07, 6.45) is 0. The normalized spacial score (nSPS) is 22.0. The van der Waals surface area contributed by atoms with Crippen LogP contribution in [0.4, 0.5) is 0 Å². The van der Waals surface area contributed by atoms with E-state index in [1.165, 1.54) is 12.7 Å². The Morgan fingerprint density at radius 2 is 1.96 bits per heavy atom. The summed E-state index contributed by atoms with van der Waals surface area (Å²) in [6, 6.07) is 5.36. The van der Waals surface area contributed by atoms with Crippen LogP contribution in [0.5, 0.6) is 5.75 Å². The van der Waals surface area contributed by atoms with Crippen molar-refractivity contribution in [2.75, 3.05) is 26.8 Å². The predicted octanol–water partition coefficient (Wildman–Crippen LogP) is 2.04. The second-order valence-corrected chi connectivity index (χ2v) is 6.51. The highest BCUT2D eigenvalue weighted by molar-refractivity contribution is 5.71. The van der Waals surface area contributed by atoms with E-state index in [1.807, 2.05) is 13.8 Å². The van der Waals surface area contributed by atoms with E-state index in [0.717, 1.165) is 36.5 Å². The molecule has 0 spiro atoms. The molecular weight excluding hydrogens is 292 g/mol. The molecule has 0 amide bonds. The largest absolute Gasteiger partial charge is 0.481 e. The maximum Gasteiger partial charge on any atom is 0.343 e. The Bertz CT molecular complexity index is 536. The van der Waals surface area contributed by atoms with Gasteiger partial charge in [-0.1, -0.05) is 12.1 Å². The fourth-order valence-electron chi connectivity index (χ4n) is 3.10. The van der Waals surface area contributed by atoms with Crippen molar-refractivity contribution in [2.24, 2.45) is 0 Å². The van der Waals surface area contributed by atoms with Gasteiger partial charge in [-0.2, -0.15) is 0 Å². The number of carbonyl (C=O) groups excluding carboxylic acids is 1. The highest BCUT2D eigenvalue weighted by Crippen LogP contribution is 2.26. The number of aryl methyl sites for hydroxylation is 2. The molecule has 0 aromatic heterocycles. The molecule has 1 aliphatic heterocycles. The number of ether oxygens (including phenoxy) is 2. The van der Waals surface area contributed by atoms with Crippen molar-refractivity contribution in [1.82, 2.24) is 10.2 Å². The molecule has 1 fully saturated rings. The van der Waals surface area contributed by atoms with Crippen LogP contribution < -0.4 is 10.1 Å². The van der Waals surface area contributed by atoms with Crippen molar-refractivity contribution in [2.45, 2.75) is 46.3 Å². The third kappa shape index (κ3) is 4.69. The molecule has 1 aliphatic rings. The molecule has 2 atom stereocenters. The third-order valence-electron chi connectivity index (χ3n) is 4.36. The molecule has 128 valence electrons. The standard InChI is InChI=1S/C18H28N2O3/c1-12-6-16(10-20-9-14(3)19-8-15(20)4)7-13(2)18(12)23-11-17(21)22-5/h6-7,14-15,19H,8-11H2,1-5H3. The number of carbonyl (C=O) groups is 1. The summed E-state index contributed by atoms with van der Waals surface area (Å²) in [5.41, 5.74) is 3.39. The first kappa shape index (κ1) is 17.8. The van der Waals surface area contributed by atoms with E-state index < -0.39 is 0 Å². The Hall–Kier alpha value is -1.59. The molecule has 23 heavy (non-hydrogen) atoms. The Morgan fingerprint density at radius 3 is 2.57 bits per heavy atom. The number of nitrogens with one attached hydrogen (secondary N) is 1. The smallest absolute Gasteiger partial charge is 0.343 e. The Kier molecular flexibility index (Phi) is 6.02. The highest BCUT2D eigenvalue weighted by atomic mass is 16.6. The molecule has 0 bridgehead atoms. The van der Waals surface area contributed by atoms with Crippen molar-refractivity contribution >= 4 is 5.97 Å². The van der Waals surface area contributed by atoms with Gasteiger partial charge in [-0.3, -0.25) is 4.90 Å². The van der Waals surface area contributed by atoms with Gasteiger partial charge in [0.05, 0.1) is 7.11 Å². The third-order valence-corrected chi connectivity index (χ3v) is 4.36. The summed E-state index contributed by atoms with van der Waals surface area (Å²) in [5, 5.41) is 3.51. The van der Waals surface area contributed by atoms with Crippen molar-refractivity contribution < 1.29 is 14.3 Å². The van der Waals surface area contributed by atoms with E-state index in [4.69, 9.17) is 4.74 Å². The number of rotatable bonds is 5. The molecule has 2 rings (SSSR count). The molecular formula is C18H28N2O3. The molecule has 1 heterocycles. The molecule has 5 heteroatoms. The molecule has 0 aliphatic carbocycles. The zero-order valence-corrected chi connectivity index (χ0v) is 14.8. The van der Waals surface area contributed by atoms with Crippen LogP contribution in [0.1, 0.15) is 30.5 Å². The lowest BCUT2D eigenvalue weighted by Gasteiger charge is -2.37. The van der Waals surface area contributed by atoms with E-state index in [2.05, 4.69) is 40.9 Å². The van der Waals surface area contributed by atoms with Crippen LogP contribution in [-0.4, -0.2) is 49.8 Å². The summed E-state index contributed by atoms with van der Waals surface area (Å²) in [7, 11) is 1.37. The minimum absolute atomic E-state index is 0.0517. The number of hydrogen-bond donors (Lipinski definition) is 1. The predicted molar refractivity (Wildman–Crippen MR) is 90.8 cm³/mol. The van der Waals surface area contributed by atoms with E-state index in [1.54, 1.807) is 0 Å². The minimum atomic E-state index is -0.364. The Morgan fingerprint density at radius 1 is 1.30 bits per heavy atom. The van der Waals surface area contributed by atoms with Crippen molar-refractivity contribution in [1.29, 1.82) is 0 Å². The summed E-state index contributed by atoms with van der Waals surface area (Å²) < 4.78 is 10.2. The maximum absolute atomic E-state index is 11.2. The maximum atomic E-state index is 11.2. The number of benzene rings is 1. The quantitative estimate of drug-likeness (QED) is 0.842. The average Bonchev–Trinajstić information content (AvgIpc) is 2.49. The zero-order chi connectivity index (χ0) is 17.0. The molecule has 5 nitrogen and oxygen atoms in total. The van der Waals surface area contributed by atoms with Gasteiger partial charge < -0.3 is 14.8 Å². The van der Waals surface area contributed by atoms with Crippen molar-refractivity contribution in [3.63, 3.8) is 0 Å². The van der Waals surface area contributed by atoms with Gasteiger partial charge in [0.15, 0.2) is 6.61 Å². The molecule has 1 N–H and O–H groups in total. The van der Waals surface area contributed by atoms with Gasteiger partial charge in [0.1, 0.15) is 5.75 Å². The SMILES string of the molecule is COC(=O)COc1c(C)cc(CN2CC(C)NCC2C)cc1C. The first-order valence-electron chi connectivity index (χ1n) is 8.18. The van der Waals surface area contributed by atoms with Crippen LogP contribution in [0.25, 0.3) is 0 Å². The molecule has 1 aromatic carbocycles. The number of hydrogen-bond acceptors (Lipinski definition) is 5.